The van der Waals surface area contributed by atoms with Crippen LogP contribution in [0.3, 0.4) is 0 Å². The molecule has 1 fully saturated rings. The number of amides is 1. The minimum atomic E-state index is -0.832. The lowest BCUT2D eigenvalue weighted by atomic mass is 10.1. The van der Waals surface area contributed by atoms with Crippen LogP contribution < -0.4 is 0 Å². The minimum Gasteiger partial charge on any atom is -0.481 e. The fraction of sp³-hybridized carbons (Fsp3) is 0.357. The molecule has 1 amide bonds. The van der Waals surface area contributed by atoms with Gasteiger partial charge in [0.25, 0.3) is 0 Å². The molecule has 1 unspecified atom stereocenters. The molecule has 1 atom stereocenters. The van der Waals surface area contributed by atoms with E-state index >= 15 is 0 Å². The van der Waals surface area contributed by atoms with Crippen LogP contribution in [0.2, 0.25) is 0 Å². The van der Waals surface area contributed by atoms with Crippen LogP contribution in [0.5, 0.6) is 0 Å². The molecular formula is C14H16Cl2N2O4S. The number of aliphatic carboxylic acids is 1. The van der Waals surface area contributed by atoms with Crippen molar-refractivity contribution in [3.05, 3.63) is 29.7 Å². The Labute approximate surface area is 149 Å². The molecule has 0 radical (unpaired) electrons. The molecule has 2 aromatic heterocycles. The highest BCUT2D eigenvalue weighted by molar-refractivity contribution is 7.13. The van der Waals surface area contributed by atoms with Crippen molar-refractivity contribution in [3.8, 4) is 10.6 Å². The van der Waals surface area contributed by atoms with Gasteiger partial charge in [-0.25, -0.2) is 4.98 Å². The summed E-state index contributed by atoms with van der Waals surface area (Å²) >= 11 is 1.46. The normalized spacial score (nSPS) is 16.5. The van der Waals surface area contributed by atoms with Crippen LogP contribution in [-0.2, 0) is 16.0 Å². The molecule has 0 saturated carbocycles. The number of halogens is 2. The van der Waals surface area contributed by atoms with Crippen LogP contribution in [0.25, 0.3) is 10.6 Å². The number of aromatic nitrogens is 1. The third-order valence-corrected chi connectivity index (χ3v) is 4.48. The van der Waals surface area contributed by atoms with Gasteiger partial charge in [-0.3, -0.25) is 9.59 Å². The molecule has 1 aliphatic rings. The van der Waals surface area contributed by atoms with Crippen molar-refractivity contribution < 1.29 is 19.1 Å². The number of rotatable bonds is 4. The highest BCUT2D eigenvalue weighted by atomic mass is 35.5. The van der Waals surface area contributed by atoms with Crippen LogP contribution >= 0.6 is 36.2 Å². The van der Waals surface area contributed by atoms with Crippen LogP contribution in [0, 0.1) is 5.92 Å². The third-order valence-electron chi connectivity index (χ3n) is 3.54. The van der Waals surface area contributed by atoms with Gasteiger partial charge in [-0.2, -0.15) is 0 Å². The van der Waals surface area contributed by atoms with Crippen LogP contribution in [0.15, 0.2) is 28.4 Å². The predicted molar refractivity (Wildman–Crippen MR) is 90.3 cm³/mol. The number of carbonyl (C=O) groups excluding carboxylic acids is 1. The quantitative estimate of drug-likeness (QED) is 0.883. The second kappa shape index (κ2) is 8.33. The number of carboxylic acids is 1. The largest absolute Gasteiger partial charge is 0.481 e. The lowest BCUT2D eigenvalue weighted by molar-refractivity contribution is -0.141. The zero-order chi connectivity index (χ0) is 14.8. The number of carboxylic acid groups (broad SMARTS) is 1. The van der Waals surface area contributed by atoms with Gasteiger partial charge in [0.1, 0.15) is 11.3 Å². The monoisotopic (exact) mass is 378 g/mol. The molecule has 6 nitrogen and oxygen atoms in total. The van der Waals surface area contributed by atoms with Gasteiger partial charge in [0, 0.05) is 24.0 Å². The van der Waals surface area contributed by atoms with Gasteiger partial charge < -0.3 is 14.4 Å². The van der Waals surface area contributed by atoms with Crippen molar-refractivity contribution in [1.29, 1.82) is 0 Å². The topological polar surface area (TPSA) is 83.6 Å². The Morgan fingerprint density at radius 1 is 1.43 bits per heavy atom. The maximum atomic E-state index is 12.2. The van der Waals surface area contributed by atoms with Gasteiger partial charge >= 0.3 is 5.97 Å². The van der Waals surface area contributed by atoms with Gasteiger partial charge in [0.2, 0.25) is 5.91 Å². The first kappa shape index (κ1) is 19.5. The standard InChI is InChI=1S/C14H14N2O4S.2ClH/c17-12(16-3-1-9(6-16)14(18)19)5-11-8-21-13(15-11)10-2-4-20-7-10;;/h2,4,7-9H,1,3,5-6H2,(H,18,19);2*1H. The van der Waals surface area contributed by atoms with E-state index in [1.807, 2.05) is 11.4 Å². The Kier molecular flexibility index (Phi) is 7.05. The molecule has 1 aliphatic heterocycles. The van der Waals surface area contributed by atoms with E-state index in [0.717, 1.165) is 10.6 Å². The first-order valence-electron chi connectivity index (χ1n) is 6.61. The van der Waals surface area contributed by atoms with E-state index < -0.39 is 11.9 Å². The number of hydrogen-bond donors (Lipinski definition) is 1. The SMILES string of the molecule is Cl.Cl.O=C(O)C1CCN(C(=O)Cc2csc(-c3ccoc3)n2)C1. The van der Waals surface area contributed by atoms with Gasteiger partial charge in [-0.15, -0.1) is 36.2 Å². The van der Waals surface area contributed by atoms with E-state index in [1.54, 1.807) is 17.4 Å². The Morgan fingerprint density at radius 3 is 2.83 bits per heavy atom. The highest BCUT2D eigenvalue weighted by Crippen LogP contribution is 2.25. The second-order valence-corrected chi connectivity index (χ2v) is 5.85. The molecule has 3 heterocycles. The maximum Gasteiger partial charge on any atom is 0.308 e. The summed E-state index contributed by atoms with van der Waals surface area (Å²) < 4.78 is 5.01. The van der Waals surface area contributed by atoms with E-state index in [0.29, 0.717) is 25.2 Å². The summed E-state index contributed by atoms with van der Waals surface area (Å²) in [6, 6.07) is 1.82. The van der Waals surface area contributed by atoms with Crippen molar-refractivity contribution in [2.75, 3.05) is 13.1 Å². The van der Waals surface area contributed by atoms with E-state index in [1.165, 1.54) is 11.3 Å². The number of furan rings is 1. The fourth-order valence-corrected chi connectivity index (χ4v) is 3.17. The number of thiazole rings is 1. The number of carbonyl (C=O) groups is 2. The minimum absolute atomic E-state index is 0. The van der Waals surface area contributed by atoms with Crippen molar-refractivity contribution in [2.24, 2.45) is 5.92 Å². The Morgan fingerprint density at radius 2 is 2.22 bits per heavy atom. The molecule has 9 heteroatoms. The van der Waals surface area contributed by atoms with Crippen molar-refractivity contribution in [3.63, 3.8) is 0 Å². The summed E-state index contributed by atoms with van der Waals surface area (Å²) in [5.74, 6) is -1.34. The predicted octanol–water partition coefficient (Wildman–Crippen LogP) is 2.72. The van der Waals surface area contributed by atoms with E-state index in [-0.39, 0.29) is 37.1 Å². The van der Waals surface area contributed by atoms with Crippen molar-refractivity contribution in [1.82, 2.24) is 9.88 Å². The molecule has 126 valence electrons. The first-order chi connectivity index (χ1) is 10.1. The molecule has 3 rings (SSSR count). The highest BCUT2D eigenvalue weighted by Gasteiger charge is 2.30. The Hall–Kier alpha value is -1.57. The smallest absolute Gasteiger partial charge is 0.308 e. The van der Waals surface area contributed by atoms with E-state index in [9.17, 15) is 9.59 Å². The number of likely N-dealkylation sites (tertiary alicyclic amines) is 1. The molecule has 23 heavy (non-hydrogen) atoms. The summed E-state index contributed by atoms with van der Waals surface area (Å²) in [7, 11) is 0. The molecule has 0 aliphatic carbocycles. The van der Waals surface area contributed by atoms with E-state index in [2.05, 4.69) is 4.98 Å². The lowest BCUT2D eigenvalue weighted by Crippen LogP contribution is -2.31. The van der Waals surface area contributed by atoms with Crippen LogP contribution in [-0.4, -0.2) is 40.0 Å². The number of nitrogens with zero attached hydrogens (tertiary/aromatic N) is 2. The van der Waals surface area contributed by atoms with Gasteiger partial charge in [-0.05, 0) is 12.5 Å². The molecule has 0 aromatic carbocycles. The summed E-state index contributed by atoms with van der Waals surface area (Å²) in [4.78, 5) is 29.1. The zero-order valence-electron chi connectivity index (χ0n) is 12.0. The molecule has 2 aromatic rings. The summed E-state index contributed by atoms with van der Waals surface area (Å²) in [5, 5.41) is 11.6. The zero-order valence-corrected chi connectivity index (χ0v) is 14.5. The summed E-state index contributed by atoms with van der Waals surface area (Å²) in [6.45, 7) is 0.807. The number of hydrogen-bond acceptors (Lipinski definition) is 5. The van der Waals surface area contributed by atoms with Crippen LogP contribution in [0.1, 0.15) is 12.1 Å². The summed E-state index contributed by atoms with van der Waals surface area (Å²) in [6.07, 6.45) is 3.93. The lowest BCUT2D eigenvalue weighted by Gasteiger charge is -2.14. The first-order valence-corrected chi connectivity index (χ1v) is 7.49. The molecule has 1 N–H and O–H groups in total. The van der Waals surface area contributed by atoms with Gasteiger partial charge in [0.05, 0.1) is 24.3 Å². The van der Waals surface area contributed by atoms with Crippen LogP contribution in [0.4, 0.5) is 0 Å². The molecule has 1 saturated heterocycles. The summed E-state index contributed by atoms with van der Waals surface area (Å²) in [5.41, 5.74) is 1.60. The average molecular weight is 379 g/mol. The van der Waals surface area contributed by atoms with Gasteiger partial charge in [0.15, 0.2) is 0 Å². The third kappa shape index (κ3) is 4.46. The fourth-order valence-electron chi connectivity index (χ4n) is 2.36. The average Bonchev–Trinajstić information content (AvgIpc) is 3.19. The van der Waals surface area contributed by atoms with Crippen molar-refractivity contribution >= 4 is 48.0 Å². The van der Waals surface area contributed by atoms with E-state index in [4.69, 9.17) is 9.52 Å². The maximum absolute atomic E-state index is 12.2. The molecular weight excluding hydrogens is 363 g/mol. The Bertz CT molecular complexity index is 660. The Balaban J connectivity index is 0.00000132. The molecule has 0 spiro atoms. The van der Waals surface area contributed by atoms with Crippen molar-refractivity contribution in [2.45, 2.75) is 12.8 Å². The van der Waals surface area contributed by atoms with Gasteiger partial charge in [-0.1, -0.05) is 0 Å². The second-order valence-electron chi connectivity index (χ2n) is 5.00. The molecule has 0 bridgehead atoms.